The number of hydrogen-bond acceptors (Lipinski definition) is 4. The molecule has 8 heteroatoms. The molecule has 0 spiro atoms. The van der Waals surface area contributed by atoms with Crippen molar-refractivity contribution in [1.29, 1.82) is 0 Å². The molecule has 0 bridgehead atoms. The van der Waals surface area contributed by atoms with Gasteiger partial charge in [-0.25, -0.2) is 17.5 Å². The molecule has 0 amide bonds. The van der Waals surface area contributed by atoms with Gasteiger partial charge in [-0.3, -0.25) is 0 Å². The first-order valence-electron chi connectivity index (χ1n) is 6.37. The third kappa shape index (κ3) is 2.69. The summed E-state index contributed by atoms with van der Waals surface area (Å²) < 4.78 is 38.5. The maximum Gasteiger partial charge on any atom is 0.152 e. The fraction of sp³-hybridized carbons (Fsp3) is 0.308. The number of nitrogen functional groups attached to an aromatic ring is 1. The lowest BCUT2D eigenvalue weighted by Crippen LogP contribution is -2.14. The standard InChI is InChI=1S/C13H13BrFN3O2S/c14-13-9(2-1-3-10(13)15)11-6-12(16)18(17-11)8-4-5-21(19,20)7-8/h1-3,6,8H,4-5,7,16H2. The van der Waals surface area contributed by atoms with E-state index in [2.05, 4.69) is 21.0 Å². The van der Waals surface area contributed by atoms with Crippen LogP contribution in [0.1, 0.15) is 12.5 Å². The van der Waals surface area contributed by atoms with Gasteiger partial charge in [-0.15, -0.1) is 0 Å². The minimum atomic E-state index is -3.02. The Morgan fingerprint density at radius 3 is 2.86 bits per heavy atom. The summed E-state index contributed by atoms with van der Waals surface area (Å²) in [6.07, 6.45) is 0.498. The first-order valence-corrected chi connectivity index (χ1v) is 8.98. The number of halogens is 2. The molecule has 3 rings (SSSR count). The molecule has 1 aliphatic rings. The third-order valence-electron chi connectivity index (χ3n) is 3.55. The first kappa shape index (κ1) is 14.5. The van der Waals surface area contributed by atoms with E-state index in [9.17, 15) is 12.8 Å². The summed E-state index contributed by atoms with van der Waals surface area (Å²) in [7, 11) is -3.02. The van der Waals surface area contributed by atoms with Gasteiger partial charge in [0.05, 0.1) is 27.7 Å². The molecule has 0 aliphatic carbocycles. The zero-order chi connectivity index (χ0) is 15.2. The molecule has 5 nitrogen and oxygen atoms in total. The number of benzene rings is 1. The Hall–Kier alpha value is -1.41. The van der Waals surface area contributed by atoms with Gasteiger partial charge in [-0.05, 0) is 28.4 Å². The van der Waals surface area contributed by atoms with E-state index < -0.39 is 9.84 Å². The highest BCUT2D eigenvalue weighted by atomic mass is 79.9. The Balaban J connectivity index is 2.01. The zero-order valence-corrected chi connectivity index (χ0v) is 13.4. The molecule has 1 aliphatic heterocycles. The Morgan fingerprint density at radius 1 is 1.43 bits per heavy atom. The summed E-state index contributed by atoms with van der Waals surface area (Å²) in [6, 6.07) is 6.04. The highest BCUT2D eigenvalue weighted by Crippen LogP contribution is 2.33. The number of sulfone groups is 1. The third-order valence-corrected chi connectivity index (χ3v) is 6.10. The number of hydrogen-bond donors (Lipinski definition) is 1. The van der Waals surface area contributed by atoms with Crippen LogP contribution in [-0.2, 0) is 9.84 Å². The first-order chi connectivity index (χ1) is 9.87. The summed E-state index contributed by atoms with van der Waals surface area (Å²) in [5.74, 6) is 0.186. The molecule has 2 heterocycles. The van der Waals surface area contributed by atoms with Crippen LogP contribution in [0.2, 0.25) is 0 Å². The predicted octanol–water partition coefficient (Wildman–Crippen LogP) is 2.39. The minimum Gasteiger partial charge on any atom is -0.384 e. The van der Waals surface area contributed by atoms with Gasteiger partial charge in [0, 0.05) is 11.6 Å². The number of aromatic nitrogens is 2. The molecule has 112 valence electrons. The Morgan fingerprint density at radius 2 is 2.19 bits per heavy atom. The van der Waals surface area contributed by atoms with Gasteiger partial charge >= 0.3 is 0 Å². The average molecular weight is 374 g/mol. The molecule has 0 radical (unpaired) electrons. The van der Waals surface area contributed by atoms with Gasteiger partial charge < -0.3 is 5.73 Å². The smallest absolute Gasteiger partial charge is 0.152 e. The van der Waals surface area contributed by atoms with Crippen LogP contribution >= 0.6 is 15.9 Å². The van der Waals surface area contributed by atoms with E-state index in [0.29, 0.717) is 28.0 Å². The fourth-order valence-corrected chi connectivity index (χ4v) is 4.66. The van der Waals surface area contributed by atoms with E-state index in [0.717, 1.165) is 0 Å². The number of rotatable bonds is 2. The Kier molecular flexibility index (Phi) is 3.53. The molecule has 1 saturated heterocycles. The Bertz CT molecular complexity index is 804. The van der Waals surface area contributed by atoms with Crippen molar-refractivity contribution in [3.63, 3.8) is 0 Å². The molecule has 1 aromatic carbocycles. The maximum absolute atomic E-state index is 13.6. The van der Waals surface area contributed by atoms with Crippen LogP contribution in [0.4, 0.5) is 10.2 Å². The van der Waals surface area contributed by atoms with Crippen molar-refractivity contribution >= 4 is 31.6 Å². The lowest BCUT2D eigenvalue weighted by atomic mass is 10.1. The van der Waals surface area contributed by atoms with Gasteiger partial charge in [0.2, 0.25) is 0 Å². The van der Waals surface area contributed by atoms with E-state index in [4.69, 9.17) is 5.73 Å². The van der Waals surface area contributed by atoms with Crippen LogP contribution in [0.5, 0.6) is 0 Å². The van der Waals surface area contributed by atoms with Crippen molar-refractivity contribution in [2.75, 3.05) is 17.2 Å². The van der Waals surface area contributed by atoms with Crippen LogP contribution in [-0.4, -0.2) is 29.7 Å². The highest BCUT2D eigenvalue weighted by molar-refractivity contribution is 9.10. The van der Waals surface area contributed by atoms with Gasteiger partial charge in [-0.2, -0.15) is 5.10 Å². The average Bonchev–Trinajstić information content (AvgIpc) is 2.95. The number of anilines is 1. The van der Waals surface area contributed by atoms with Crippen LogP contribution < -0.4 is 5.73 Å². The number of nitrogens with two attached hydrogens (primary N) is 1. The SMILES string of the molecule is Nc1cc(-c2cccc(F)c2Br)nn1C1CCS(=O)(=O)C1. The van der Waals surface area contributed by atoms with Gasteiger partial charge in [0.25, 0.3) is 0 Å². The van der Waals surface area contributed by atoms with Crippen LogP contribution in [0.15, 0.2) is 28.7 Å². The van der Waals surface area contributed by atoms with Crippen molar-refractivity contribution in [3.05, 3.63) is 34.6 Å². The molecule has 21 heavy (non-hydrogen) atoms. The van der Waals surface area contributed by atoms with Gasteiger partial charge in [-0.1, -0.05) is 12.1 Å². The largest absolute Gasteiger partial charge is 0.384 e. The van der Waals surface area contributed by atoms with Crippen LogP contribution in [0.3, 0.4) is 0 Å². The van der Waals surface area contributed by atoms with Gasteiger partial charge in [0.1, 0.15) is 11.6 Å². The van der Waals surface area contributed by atoms with Crippen molar-refractivity contribution in [1.82, 2.24) is 9.78 Å². The Labute approximate surface area is 130 Å². The van der Waals surface area contributed by atoms with Crippen molar-refractivity contribution in [2.45, 2.75) is 12.5 Å². The second-order valence-electron chi connectivity index (χ2n) is 5.06. The molecular formula is C13H13BrFN3O2S. The lowest BCUT2D eigenvalue weighted by Gasteiger charge is -2.10. The second kappa shape index (κ2) is 5.10. The molecule has 1 unspecified atom stereocenters. The predicted molar refractivity (Wildman–Crippen MR) is 82.0 cm³/mol. The van der Waals surface area contributed by atoms with Crippen LogP contribution in [0.25, 0.3) is 11.3 Å². The molecule has 2 N–H and O–H groups in total. The molecular weight excluding hydrogens is 361 g/mol. The normalized spacial score (nSPS) is 20.8. The topological polar surface area (TPSA) is 78.0 Å². The molecule has 2 aromatic rings. The minimum absolute atomic E-state index is 0.0443. The van der Waals surface area contributed by atoms with Crippen LogP contribution in [0, 0.1) is 5.82 Å². The summed E-state index contributed by atoms with van der Waals surface area (Å²) in [6.45, 7) is 0. The molecule has 0 saturated carbocycles. The summed E-state index contributed by atoms with van der Waals surface area (Å²) in [5, 5.41) is 4.36. The second-order valence-corrected chi connectivity index (χ2v) is 8.08. The van der Waals surface area contributed by atoms with E-state index in [1.807, 2.05) is 0 Å². The fourth-order valence-electron chi connectivity index (χ4n) is 2.50. The van der Waals surface area contributed by atoms with Crippen molar-refractivity contribution in [2.24, 2.45) is 0 Å². The zero-order valence-electron chi connectivity index (χ0n) is 11.0. The monoisotopic (exact) mass is 373 g/mol. The quantitative estimate of drug-likeness (QED) is 0.876. The summed E-state index contributed by atoms with van der Waals surface area (Å²) >= 11 is 3.19. The van der Waals surface area contributed by atoms with E-state index in [-0.39, 0.29) is 23.4 Å². The maximum atomic E-state index is 13.6. The van der Waals surface area contributed by atoms with E-state index >= 15 is 0 Å². The van der Waals surface area contributed by atoms with E-state index in [1.165, 1.54) is 10.7 Å². The molecule has 1 atom stereocenters. The van der Waals surface area contributed by atoms with Crippen molar-refractivity contribution < 1.29 is 12.8 Å². The molecule has 1 fully saturated rings. The van der Waals surface area contributed by atoms with Crippen molar-refractivity contribution in [3.8, 4) is 11.3 Å². The molecule has 1 aromatic heterocycles. The van der Waals surface area contributed by atoms with E-state index in [1.54, 1.807) is 18.2 Å². The summed E-state index contributed by atoms with van der Waals surface area (Å²) in [5.41, 5.74) is 7.03. The van der Waals surface area contributed by atoms with Gasteiger partial charge in [0.15, 0.2) is 9.84 Å². The number of nitrogens with zero attached hydrogens (tertiary/aromatic N) is 2. The highest BCUT2D eigenvalue weighted by Gasteiger charge is 2.31. The lowest BCUT2D eigenvalue weighted by molar-refractivity contribution is 0.508. The summed E-state index contributed by atoms with van der Waals surface area (Å²) in [4.78, 5) is 0.